The van der Waals surface area contributed by atoms with E-state index in [-0.39, 0.29) is 11.1 Å². The van der Waals surface area contributed by atoms with Crippen LogP contribution in [0.25, 0.3) is 0 Å². The molecule has 2 N–H and O–H groups in total. The molecule has 0 saturated heterocycles. The number of hydrogen-bond acceptors (Lipinski definition) is 2. The van der Waals surface area contributed by atoms with Crippen LogP contribution in [0.5, 0.6) is 0 Å². The van der Waals surface area contributed by atoms with Crippen LogP contribution in [0.2, 0.25) is 0 Å². The molecule has 13 heavy (non-hydrogen) atoms. The van der Waals surface area contributed by atoms with Gasteiger partial charge in [0.05, 0.1) is 0 Å². The SMILES string of the molecule is CC(C)(C)NCCNC(C)(C)CI. The second kappa shape index (κ2) is 5.51. The number of halogens is 1. The van der Waals surface area contributed by atoms with Gasteiger partial charge in [-0.1, -0.05) is 22.6 Å². The predicted molar refractivity (Wildman–Crippen MR) is 68.7 cm³/mol. The Kier molecular flexibility index (Phi) is 5.79. The molecule has 0 aromatic rings. The Balaban J connectivity index is 3.47. The van der Waals surface area contributed by atoms with Crippen LogP contribution in [-0.2, 0) is 0 Å². The van der Waals surface area contributed by atoms with E-state index in [1.165, 1.54) is 0 Å². The monoisotopic (exact) mass is 298 g/mol. The van der Waals surface area contributed by atoms with E-state index in [0.29, 0.717) is 0 Å². The summed E-state index contributed by atoms with van der Waals surface area (Å²) in [5, 5.41) is 6.96. The largest absolute Gasteiger partial charge is 0.311 e. The first-order valence-electron chi connectivity index (χ1n) is 4.83. The van der Waals surface area contributed by atoms with E-state index in [0.717, 1.165) is 17.5 Å². The van der Waals surface area contributed by atoms with Crippen molar-refractivity contribution in [2.75, 3.05) is 17.5 Å². The van der Waals surface area contributed by atoms with Crippen LogP contribution < -0.4 is 10.6 Å². The van der Waals surface area contributed by atoms with Gasteiger partial charge in [-0.05, 0) is 34.6 Å². The summed E-state index contributed by atoms with van der Waals surface area (Å²) in [4.78, 5) is 0. The van der Waals surface area contributed by atoms with Crippen LogP contribution in [0.3, 0.4) is 0 Å². The van der Waals surface area contributed by atoms with Crippen molar-refractivity contribution in [3.63, 3.8) is 0 Å². The fourth-order valence-corrected chi connectivity index (χ4v) is 1.16. The first kappa shape index (κ1) is 13.7. The van der Waals surface area contributed by atoms with Gasteiger partial charge in [0.1, 0.15) is 0 Å². The standard InChI is InChI=1S/C10H23IN2/c1-9(2,3)12-6-7-13-10(4,5)8-11/h12-13H,6-8H2,1-5H3. The van der Waals surface area contributed by atoms with E-state index in [1.54, 1.807) is 0 Å². The zero-order valence-corrected chi connectivity index (χ0v) is 11.7. The Morgan fingerprint density at radius 3 is 1.77 bits per heavy atom. The van der Waals surface area contributed by atoms with Crippen molar-refractivity contribution in [1.29, 1.82) is 0 Å². The molecule has 0 heterocycles. The fourth-order valence-electron chi connectivity index (χ4n) is 0.886. The molecular weight excluding hydrogens is 275 g/mol. The lowest BCUT2D eigenvalue weighted by Crippen LogP contribution is -2.46. The first-order chi connectivity index (χ1) is 5.77. The third-order valence-corrected chi connectivity index (χ3v) is 3.62. The molecule has 0 radical (unpaired) electrons. The van der Waals surface area contributed by atoms with Gasteiger partial charge in [-0.15, -0.1) is 0 Å². The molecule has 80 valence electrons. The van der Waals surface area contributed by atoms with E-state index in [4.69, 9.17) is 0 Å². The molecule has 0 saturated carbocycles. The summed E-state index contributed by atoms with van der Waals surface area (Å²) in [5.41, 5.74) is 0.496. The topological polar surface area (TPSA) is 24.1 Å². The summed E-state index contributed by atoms with van der Waals surface area (Å²) in [6.07, 6.45) is 0. The smallest absolute Gasteiger partial charge is 0.0215 e. The average molecular weight is 298 g/mol. The number of alkyl halides is 1. The molecule has 0 aliphatic rings. The maximum Gasteiger partial charge on any atom is 0.0215 e. The van der Waals surface area contributed by atoms with E-state index in [1.807, 2.05) is 0 Å². The van der Waals surface area contributed by atoms with Gasteiger partial charge in [-0.25, -0.2) is 0 Å². The molecule has 0 aromatic carbocycles. The molecule has 0 amide bonds. The maximum absolute atomic E-state index is 3.51. The van der Waals surface area contributed by atoms with Gasteiger partial charge in [-0.3, -0.25) is 0 Å². The lowest BCUT2D eigenvalue weighted by atomic mass is 10.1. The van der Waals surface area contributed by atoms with Crippen molar-refractivity contribution in [2.24, 2.45) is 0 Å². The first-order valence-corrected chi connectivity index (χ1v) is 6.35. The molecule has 0 rings (SSSR count). The summed E-state index contributed by atoms with van der Waals surface area (Å²) in [5.74, 6) is 0. The molecule has 0 aromatic heterocycles. The summed E-state index contributed by atoms with van der Waals surface area (Å²) in [6.45, 7) is 13.1. The molecule has 0 aliphatic carbocycles. The summed E-state index contributed by atoms with van der Waals surface area (Å²) in [6, 6.07) is 0. The maximum atomic E-state index is 3.51. The zero-order chi connectivity index (χ0) is 10.5. The lowest BCUT2D eigenvalue weighted by Gasteiger charge is -2.26. The molecule has 0 atom stereocenters. The van der Waals surface area contributed by atoms with Crippen molar-refractivity contribution in [2.45, 2.75) is 45.7 Å². The second-order valence-corrected chi connectivity index (χ2v) is 5.88. The number of rotatable bonds is 5. The third kappa shape index (κ3) is 8.97. The van der Waals surface area contributed by atoms with E-state index < -0.39 is 0 Å². The Labute approximate surface area is 96.4 Å². The van der Waals surface area contributed by atoms with Gasteiger partial charge in [0, 0.05) is 28.6 Å². The minimum Gasteiger partial charge on any atom is -0.311 e. The van der Waals surface area contributed by atoms with Crippen molar-refractivity contribution in [1.82, 2.24) is 10.6 Å². The normalized spacial score (nSPS) is 13.4. The minimum absolute atomic E-state index is 0.232. The van der Waals surface area contributed by atoms with Crippen molar-refractivity contribution >= 4 is 22.6 Å². The molecule has 0 fully saturated rings. The molecule has 2 nitrogen and oxygen atoms in total. The highest BCUT2D eigenvalue weighted by molar-refractivity contribution is 14.1. The van der Waals surface area contributed by atoms with E-state index in [9.17, 15) is 0 Å². The van der Waals surface area contributed by atoms with Gasteiger partial charge in [-0.2, -0.15) is 0 Å². The molecule has 0 unspecified atom stereocenters. The number of nitrogens with one attached hydrogen (secondary N) is 2. The Hall–Kier alpha value is 0.650. The molecule has 0 spiro atoms. The van der Waals surface area contributed by atoms with Crippen molar-refractivity contribution in [3.8, 4) is 0 Å². The molecule has 0 aliphatic heterocycles. The highest BCUT2D eigenvalue weighted by Crippen LogP contribution is 2.05. The average Bonchev–Trinajstić information content (AvgIpc) is 1.97. The van der Waals surface area contributed by atoms with Crippen LogP contribution >= 0.6 is 22.6 Å². The van der Waals surface area contributed by atoms with E-state index >= 15 is 0 Å². The number of hydrogen-bond donors (Lipinski definition) is 2. The van der Waals surface area contributed by atoms with Crippen LogP contribution in [0.15, 0.2) is 0 Å². The quantitative estimate of drug-likeness (QED) is 0.462. The van der Waals surface area contributed by atoms with Crippen LogP contribution in [-0.4, -0.2) is 28.6 Å². The Morgan fingerprint density at radius 1 is 0.923 bits per heavy atom. The Morgan fingerprint density at radius 2 is 1.38 bits per heavy atom. The summed E-state index contributed by atoms with van der Waals surface area (Å²) in [7, 11) is 0. The zero-order valence-electron chi connectivity index (χ0n) is 9.50. The van der Waals surface area contributed by atoms with Crippen molar-refractivity contribution in [3.05, 3.63) is 0 Å². The fraction of sp³-hybridized carbons (Fsp3) is 1.00. The van der Waals surface area contributed by atoms with Gasteiger partial charge < -0.3 is 10.6 Å². The van der Waals surface area contributed by atoms with Crippen LogP contribution in [0, 0.1) is 0 Å². The van der Waals surface area contributed by atoms with Crippen molar-refractivity contribution < 1.29 is 0 Å². The second-order valence-electron chi connectivity index (χ2n) is 5.12. The molecular formula is C10H23IN2. The third-order valence-electron chi connectivity index (χ3n) is 1.72. The van der Waals surface area contributed by atoms with Gasteiger partial charge in [0.15, 0.2) is 0 Å². The van der Waals surface area contributed by atoms with E-state index in [2.05, 4.69) is 67.8 Å². The lowest BCUT2D eigenvalue weighted by molar-refractivity contribution is 0.386. The van der Waals surface area contributed by atoms with Gasteiger partial charge in [0.2, 0.25) is 0 Å². The molecule has 3 heteroatoms. The van der Waals surface area contributed by atoms with Crippen LogP contribution in [0.1, 0.15) is 34.6 Å². The summed E-state index contributed by atoms with van der Waals surface area (Å²) >= 11 is 2.42. The highest BCUT2D eigenvalue weighted by atomic mass is 127. The summed E-state index contributed by atoms with van der Waals surface area (Å²) < 4.78 is 1.14. The highest BCUT2D eigenvalue weighted by Gasteiger charge is 2.14. The predicted octanol–water partition coefficient (Wildman–Crippen LogP) is 2.18. The van der Waals surface area contributed by atoms with Gasteiger partial charge in [0.25, 0.3) is 0 Å². The Bertz CT molecular complexity index is 138. The molecule has 0 bridgehead atoms. The van der Waals surface area contributed by atoms with Gasteiger partial charge >= 0.3 is 0 Å². The minimum atomic E-state index is 0.232. The van der Waals surface area contributed by atoms with Crippen LogP contribution in [0.4, 0.5) is 0 Å².